The van der Waals surface area contributed by atoms with Crippen LogP contribution in [0.15, 0.2) is 35.1 Å². The number of fused-ring (bicyclic) bond motifs is 1. The van der Waals surface area contributed by atoms with E-state index in [-0.39, 0.29) is 11.0 Å². The molecule has 1 aromatic carbocycles. The second-order valence-electron chi connectivity index (χ2n) is 6.14. The maximum absolute atomic E-state index is 12.8. The van der Waals surface area contributed by atoms with Crippen molar-refractivity contribution in [2.75, 3.05) is 31.1 Å². The Kier molecular flexibility index (Phi) is 4.19. The van der Waals surface area contributed by atoms with Crippen LogP contribution in [0.25, 0.3) is 11.2 Å². The third-order valence-corrected chi connectivity index (χ3v) is 4.69. The van der Waals surface area contributed by atoms with Gasteiger partial charge in [-0.2, -0.15) is 9.97 Å². The summed E-state index contributed by atoms with van der Waals surface area (Å²) in [6, 6.07) is 9.91. The summed E-state index contributed by atoms with van der Waals surface area (Å²) in [6.45, 7) is 3.85. The smallest absolute Gasteiger partial charge is 0.330 e. The Balaban J connectivity index is 1.92. The fraction of sp³-hybridized carbons (Fsp3) is 0.353. The fourth-order valence-electron chi connectivity index (χ4n) is 3.26. The second kappa shape index (κ2) is 6.50. The van der Waals surface area contributed by atoms with E-state index < -0.39 is 0 Å². The van der Waals surface area contributed by atoms with Gasteiger partial charge in [-0.05, 0) is 17.2 Å². The van der Waals surface area contributed by atoms with E-state index in [4.69, 9.17) is 11.6 Å². The van der Waals surface area contributed by atoms with Crippen LogP contribution >= 0.6 is 11.6 Å². The third kappa shape index (κ3) is 2.89. The zero-order valence-electron chi connectivity index (χ0n) is 13.9. The lowest BCUT2D eigenvalue weighted by Gasteiger charge is -2.29. The van der Waals surface area contributed by atoms with E-state index in [1.165, 1.54) is 4.57 Å². The number of piperazine rings is 1. The van der Waals surface area contributed by atoms with E-state index in [9.17, 15) is 4.79 Å². The first-order valence-electron chi connectivity index (χ1n) is 8.27. The molecule has 3 aromatic rings. The molecule has 0 atom stereocenters. The van der Waals surface area contributed by atoms with E-state index in [1.54, 1.807) is 11.6 Å². The quantitative estimate of drug-likeness (QED) is 0.713. The molecule has 130 valence electrons. The standard InChI is InChI=1S/C17H19ClN6O/c1-22-14-13(24(17(22)25)11-12-5-3-2-4-6-12)15(21-16(18)20-14)23-9-7-19-8-10-23/h2-6,19H,7-11H2,1H3. The molecule has 25 heavy (non-hydrogen) atoms. The van der Waals surface area contributed by atoms with Crippen LogP contribution in [0, 0.1) is 0 Å². The van der Waals surface area contributed by atoms with Gasteiger partial charge in [0.1, 0.15) is 5.52 Å². The van der Waals surface area contributed by atoms with Gasteiger partial charge >= 0.3 is 5.69 Å². The molecule has 0 unspecified atom stereocenters. The van der Waals surface area contributed by atoms with E-state index in [2.05, 4.69) is 20.2 Å². The monoisotopic (exact) mass is 358 g/mol. The largest absolute Gasteiger partial charge is 0.352 e. The van der Waals surface area contributed by atoms with Crippen molar-refractivity contribution >= 4 is 28.6 Å². The molecule has 3 heterocycles. The maximum atomic E-state index is 12.8. The minimum Gasteiger partial charge on any atom is -0.352 e. The molecule has 1 aliphatic rings. The first kappa shape index (κ1) is 16.1. The molecule has 0 spiro atoms. The summed E-state index contributed by atoms with van der Waals surface area (Å²) < 4.78 is 3.27. The Labute approximate surface area is 149 Å². The molecule has 0 aliphatic carbocycles. The highest BCUT2D eigenvalue weighted by molar-refractivity contribution is 6.28. The highest BCUT2D eigenvalue weighted by atomic mass is 35.5. The number of benzene rings is 1. The predicted octanol–water partition coefficient (Wildman–Crippen LogP) is 1.24. The van der Waals surface area contributed by atoms with Crippen LogP contribution in [0.3, 0.4) is 0 Å². The molecule has 1 fully saturated rings. The van der Waals surface area contributed by atoms with Gasteiger partial charge in [-0.1, -0.05) is 30.3 Å². The molecule has 0 amide bonds. The van der Waals surface area contributed by atoms with Gasteiger partial charge in [-0.15, -0.1) is 0 Å². The first-order valence-corrected chi connectivity index (χ1v) is 8.65. The van der Waals surface area contributed by atoms with Gasteiger partial charge in [0.05, 0.1) is 6.54 Å². The zero-order chi connectivity index (χ0) is 17.4. The molecule has 7 nitrogen and oxygen atoms in total. The Morgan fingerprint density at radius 1 is 1.16 bits per heavy atom. The number of anilines is 1. The summed E-state index contributed by atoms with van der Waals surface area (Å²) in [5, 5.41) is 3.49. The molecular weight excluding hydrogens is 340 g/mol. The van der Waals surface area contributed by atoms with Gasteiger partial charge in [-0.25, -0.2) is 4.79 Å². The van der Waals surface area contributed by atoms with Gasteiger partial charge in [0.15, 0.2) is 11.5 Å². The Bertz CT molecular complexity index is 959. The van der Waals surface area contributed by atoms with Crippen molar-refractivity contribution < 1.29 is 0 Å². The average Bonchev–Trinajstić information content (AvgIpc) is 2.88. The molecule has 0 saturated carbocycles. The van der Waals surface area contributed by atoms with Crippen molar-refractivity contribution in [2.24, 2.45) is 7.05 Å². The van der Waals surface area contributed by atoms with Crippen molar-refractivity contribution in [1.29, 1.82) is 0 Å². The van der Waals surface area contributed by atoms with Gasteiger partial charge in [0.25, 0.3) is 0 Å². The zero-order valence-corrected chi connectivity index (χ0v) is 14.7. The molecule has 1 aliphatic heterocycles. The van der Waals surface area contributed by atoms with E-state index in [0.717, 1.165) is 43.1 Å². The fourth-order valence-corrected chi connectivity index (χ4v) is 3.42. The Morgan fingerprint density at radius 2 is 1.88 bits per heavy atom. The van der Waals surface area contributed by atoms with Crippen LogP contribution in [0.2, 0.25) is 5.28 Å². The van der Waals surface area contributed by atoms with Crippen LogP contribution in [-0.4, -0.2) is 45.3 Å². The number of imidazole rings is 1. The number of halogens is 1. The van der Waals surface area contributed by atoms with Crippen molar-refractivity contribution in [1.82, 2.24) is 24.4 Å². The van der Waals surface area contributed by atoms with Crippen molar-refractivity contribution in [3.05, 3.63) is 51.7 Å². The minimum atomic E-state index is -0.119. The number of hydrogen-bond acceptors (Lipinski definition) is 5. The molecular formula is C17H19ClN6O. The molecule has 0 bridgehead atoms. The maximum Gasteiger partial charge on any atom is 0.330 e. The predicted molar refractivity (Wildman–Crippen MR) is 98.4 cm³/mol. The first-order chi connectivity index (χ1) is 12.1. The van der Waals surface area contributed by atoms with Crippen LogP contribution in [0.5, 0.6) is 0 Å². The molecule has 0 radical (unpaired) electrons. The molecule has 1 saturated heterocycles. The Hall–Kier alpha value is -2.38. The number of rotatable bonds is 3. The average molecular weight is 359 g/mol. The highest BCUT2D eigenvalue weighted by Crippen LogP contribution is 2.25. The lowest BCUT2D eigenvalue weighted by atomic mass is 10.2. The summed E-state index contributed by atoms with van der Waals surface area (Å²) in [6.07, 6.45) is 0. The summed E-state index contributed by atoms with van der Waals surface area (Å²) in [7, 11) is 1.72. The summed E-state index contributed by atoms with van der Waals surface area (Å²) in [5.74, 6) is 0.727. The van der Waals surface area contributed by atoms with Crippen LogP contribution < -0.4 is 15.9 Å². The lowest BCUT2D eigenvalue weighted by Crippen LogP contribution is -2.44. The summed E-state index contributed by atoms with van der Waals surface area (Å²) in [4.78, 5) is 23.8. The molecule has 8 heteroatoms. The second-order valence-corrected chi connectivity index (χ2v) is 6.48. The van der Waals surface area contributed by atoms with Crippen molar-refractivity contribution in [2.45, 2.75) is 6.54 Å². The summed E-state index contributed by atoms with van der Waals surface area (Å²) in [5.41, 5.74) is 2.24. The van der Waals surface area contributed by atoms with Crippen molar-refractivity contribution in [3.8, 4) is 0 Å². The van der Waals surface area contributed by atoms with Crippen LogP contribution in [0.4, 0.5) is 5.82 Å². The number of aryl methyl sites for hydroxylation is 1. The minimum absolute atomic E-state index is 0.119. The summed E-state index contributed by atoms with van der Waals surface area (Å²) >= 11 is 6.15. The number of nitrogens with one attached hydrogen (secondary N) is 1. The number of aromatic nitrogens is 4. The van der Waals surface area contributed by atoms with Gasteiger partial charge < -0.3 is 10.2 Å². The van der Waals surface area contributed by atoms with Crippen molar-refractivity contribution in [3.63, 3.8) is 0 Å². The highest BCUT2D eigenvalue weighted by Gasteiger charge is 2.23. The van der Waals surface area contributed by atoms with Gasteiger partial charge in [0.2, 0.25) is 5.28 Å². The van der Waals surface area contributed by atoms with E-state index in [1.807, 2.05) is 30.3 Å². The van der Waals surface area contributed by atoms with Gasteiger partial charge in [-0.3, -0.25) is 9.13 Å². The topological polar surface area (TPSA) is 68.0 Å². The molecule has 4 rings (SSSR count). The number of hydrogen-bond donors (Lipinski definition) is 1. The third-order valence-electron chi connectivity index (χ3n) is 4.53. The van der Waals surface area contributed by atoms with Gasteiger partial charge in [0, 0.05) is 33.2 Å². The van der Waals surface area contributed by atoms with E-state index >= 15 is 0 Å². The normalized spacial score (nSPS) is 15.0. The molecule has 2 aromatic heterocycles. The molecule has 1 N–H and O–H groups in total. The number of nitrogens with zero attached hydrogens (tertiary/aromatic N) is 5. The lowest BCUT2D eigenvalue weighted by molar-refractivity contribution is 0.585. The van der Waals surface area contributed by atoms with Crippen LogP contribution in [-0.2, 0) is 13.6 Å². The van der Waals surface area contributed by atoms with Crippen LogP contribution in [0.1, 0.15) is 5.56 Å². The SMILES string of the molecule is Cn1c(=O)n(Cc2ccccc2)c2c(N3CCNCC3)nc(Cl)nc21. The van der Waals surface area contributed by atoms with E-state index in [0.29, 0.717) is 12.2 Å². The Morgan fingerprint density at radius 3 is 2.60 bits per heavy atom.